The van der Waals surface area contributed by atoms with Gasteiger partial charge in [0, 0.05) is 30.6 Å². The molecule has 1 N–H and O–H groups in total. The molecular formula is C30H42O9Si. The van der Waals surface area contributed by atoms with Crippen LogP contribution in [0.15, 0.2) is 29.8 Å². The molecule has 1 saturated heterocycles. The third kappa shape index (κ3) is 5.23. The largest absolute Gasteiger partial charge is 0.496 e. The van der Waals surface area contributed by atoms with Crippen LogP contribution in [0.3, 0.4) is 0 Å². The van der Waals surface area contributed by atoms with E-state index < -0.39 is 38.2 Å². The SMILES string of the molecule is COCOc1cccc2c(OC)c(C3=C(CO[Si](C)(C)C(C)(C)C)[C@@H](OC(C)=O)[C@@]4(C)O[C@H]4[C@H]3O)cc(OC)c12. The number of fused-ring (bicyclic) bond motifs is 2. The molecule has 40 heavy (non-hydrogen) atoms. The van der Waals surface area contributed by atoms with Gasteiger partial charge in [0.2, 0.25) is 0 Å². The molecule has 1 fully saturated rings. The Morgan fingerprint density at radius 2 is 1.82 bits per heavy atom. The van der Waals surface area contributed by atoms with E-state index in [1.165, 1.54) is 6.92 Å². The maximum absolute atomic E-state index is 12.3. The van der Waals surface area contributed by atoms with Gasteiger partial charge in [-0.25, -0.2) is 0 Å². The number of carbonyl (C=O) groups excluding carboxylic acids is 1. The first-order valence-corrected chi connectivity index (χ1v) is 16.3. The molecule has 2 aliphatic rings. The second kappa shape index (κ2) is 11.0. The maximum atomic E-state index is 12.3. The van der Waals surface area contributed by atoms with Crippen LogP contribution < -0.4 is 14.2 Å². The van der Waals surface area contributed by atoms with E-state index in [4.69, 9.17) is 32.8 Å². The number of epoxide rings is 1. The molecule has 1 aliphatic heterocycles. The molecule has 4 atom stereocenters. The van der Waals surface area contributed by atoms with Crippen molar-refractivity contribution in [2.45, 2.75) is 76.7 Å². The van der Waals surface area contributed by atoms with Gasteiger partial charge in [0.05, 0.1) is 26.2 Å². The van der Waals surface area contributed by atoms with Crippen molar-refractivity contribution in [3.63, 3.8) is 0 Å². The lowest BCUT2D eigenvalue weighted by Gasteiger charge is -2.39. The monoisotopic (exact) mass is 574 g/mol. The fourth-order valence-electron chi connectivity index (χ4n) is 5.18. The predicted molar refractivity (Wildman–Crippen MR) is 154 cm³/mol. The number of ether oxygens (including phenoxy) is 6. The predicted octanol–water partition coefficient (Wildman–Crippen LogP) is 5.08. The summed E-state index contributed by atoms with van der Waals surface area (Å²) in [6.45, 7) is 14.3. The molecule has 9 nitrogen and oxygen atoms in total. The number of esters is 1. The van der Waals surface area contributed by atoms with E-state index in [1.54, 1.807) is 21.3 Å². The number of benzene rings is 2. The van der Waals surface area contributed by atoms with Gasteiger partial charge in [-0.15, -0.1) is 0 Å². The average molecular weight is 575 g/mol. The quantitative estimate of drug-likeness (QED) is 0.180. The van der Waals surface area contributed by atoms with Crippen LogP contribution in [0.1, 0.15) is 40.2 Å². The number of carbonyl (C=O) groups is 1. The summed E-state index contributed by atoms with van der Waals surface area (Å²) in [5.74, 6) is 1.17. The number of aliphatic hydroxyl groups is 1. The van der Waals surface area contributed by atoms with E-state index in [2.05, 4.69) is 33.9 Å². The molecule has 0 unspecified atom stereocenters. The summed E-state index contributed by atoms with van der Waals surface area (Å²) in [4.78, 5) is 12.3. The Bertz CT molecular complexity index is 1310. The molecule has 0 aromatic heterocycles. The maximum Gasteiger partial charge on any atom is 0.303 e. The van der Waals surface area contributed by atoms with Gasteiger partial charge in [-0.2, -0.15) is 0 Å². The first-order valence-electron chi connectivity index (χ1n) is 13.4. The van der Waals surface area contributed by atoms with Crippen LogP contribution in [0.25, 0.3) is 16.3 Å². The van der Waals surface area contributed by atoms with E-state index in [-0.39, 0.29) is 18.4 Å². The van der Waals surface area contributed by atoms with Gasteiger partial charge in [-0.3, -0.25) is 4.79 Å². The molecule has 1 heterocycles. The molecule has 10 heteroatoms. The second-order valence-corrected chi connectivity index (χ2v) is 16.8. The van der Waals surface area contributed by atoms with E-state index >= 15 is 0 Å². The van der Waals surface area contributed by atoms with Gasteiger partial charge in [-0.1, -0.05) is 32.9 Å². The van der Waals surface area contributed by atoms with Crippen molar-refractivity contribution in [2.75, 3.05) is 34.7 Å². The summed E-state index contributed by atoms with van der Waals surface area (Å²) < 4.78 is 41.4. The lowest BCUT2D eigenvalue weighted by molar-refractivity contribution is -0.147. The zero-order chi connectivity index (χ0) is 29.6. The Hall–Kier alpha value is -2.63. The van der Waals surface area contributed by atoms with Crippen molar-refractivity contribution in [1.82, 2.24) is 0 Å². The average Bonchev–Trinajstić information content (AvgIpc) is 3.59. The van der Waals surface area contributed by atoms with Gasteiger partial charge in [0.25, 0.3) is 0 Å². The minimum atomic E-state index is -2.23. The van der Waals surface area contributed by atoms with E-state index in [1.807, 2.05) is 31.2 Å². The van der Waals surface area contributed by atoms with Gasteiger partial charge in [0.15, 0.2) is 21.2 Å². The van der Waals surface area contributed by atoms with Gasteiger partial charge in [-0.05, 0) is 42.8 Å². The fourth-order valence-corrected chi connectivity index (χ4v) is 6.13. The zero-order valence-electron chi connectivity index (χ0n) is 25.2. The summed E-state index contributed by atoms with van der Waals surface area (Å²) >= 11 is 0. The molecule has 0 radical (unpaired) electrons. The topological polar surface area (TPSA) is 105 Å². The third-order valence-electron chi connectivity index (χ3n) is 8.42. The molecule has 2 aromatic rings. The molecular weight excluding hydrogens is 532 g/mol. The van der Waals surface area contributed by atoms with Gasteiger partial charge in [0.1, 0.15) is 35.1 Å². The first-order chi connectivity index (χ1) is 18.7. The third-order valence-corrected chi connectivity index (χ3v) is 12.9. The van der Waals surface area contributed by atoms with Crippen LogP contribution >= 0.6 is 0 Å². The van der Waals surface area contributed by atoms with E-state index in [0.29, 0.717) is 39.3 Å². The van der Waals surface area contributed by atoms with Crippen LogP contribution in [-0.2, 0) is 23.4 Å². The first kappa shape index (κ1) is 30.3. The summed E-state index contributed by atoms with van der Waals surface area (Å²) in [5, 5.41) is 13.1. The van der Waals surface area contributed by atoms with E-state index in [0.717, 1.165) is 5.39 Å². The fraction of sp³-hybridized carbons (Fsp3) is 0.567. The molecule has 220 valence electrons. The standard InChI is InChI=1S/C30H42O9Si/c1-17(31)38-27-20(15-37-40(9,10)29(2,3)4)23(25(32)28-30(27,5)39-28)19-14-22(34-7)24-18(26(19)35-8)12-11-13-21(24)36-16-33-6/h11-14,25,27-28,32H,15-16H2,1-10H3/t25-,27+,28-,30+/m0/s1. The number of hydrogen-bond acceptors (Lipinski definition) is 9. The lowest BCUT2D eigenvalue weighted by Crippen LogP contribution is -2.47. The van der Waals surface area contributed by atoms with Crippen LogP contribution in [0.2, 0.25) is 18.1 Å². The van der Waals surface area contributed by atoms with E-state index in [9.17, 15) is 9.90 Å². The van der Waals surface area contributed by atoms with Crippen molar-refractivity contribution in [1.29, 1.82) is 0 Å². The smallest absolute Gasteiger partial charge is 0.303 e. The second-order valence-electron chi connectivity index (χ2n) is 12.0. The zero-order valence-corrected chi connectivity index (χ0v) is 26.2. The molecule has 4 rings (SSSR count). The summed E-state index contributed by atoms with van der Waals surface area (Å²) in [5.41, 5.74) is 0.933. The van der Waals surface area contributed by atoms with Crippen molar-refractivity contribution in [3.05, 3.63) is 35.4 Å². The Labute approximate surface area is 237 Å². The highest BCUT2D eigenvalue weighted by molar-refractivity contribution is 6.74. The van der Waals surface area contributed by atoms with Crippen LogP contribution in [0.4, 0.5) is 0 Å². The molecule has 0 spiro atoms. The summed E-state index contributed by atoms with van der Waals surface area (Å²) in [6.07, 6.45) is -2.33. The van der Waals surface area contributed by atoms with Crippen LogP contribution in [0, 0.1) is 0 Å². The molecule has 0 bridgehead atoms. The summed E-state index contributed by atoms with van der Waals surface area (Å²) in [6, 6.07) is 7.41. The van der Waals surface area contributed by atoms with Crippen LogP contribution in [0.5, 0.6) is 17.2 Å². The number of aliphatic hydroxyl groups excluding tert-OH is 1. The highest BCUT2D eigenvalue weighted by Gasteiger charge is 2.67. The number of methoxy groups -OCH3 is 3. The lowest BCUT2D eigenvalue weighted by atomic mass is 9.77. The molecule has 0 saturated carbocycles. The minimum Gasteiger partial charge on any atom is -0.496 e. The van der Waals surface area contributed by atoms with Crippen molar-refractivity contribution in [3.8, 4) is 17.2 Å². The van der Waals surface area contributed by atoms with Crippen molar-refractivity contribution in [2.24, 2.45) is 0 Å². The van der Waals surface area contributed by atoms with Gasteiger partial charge < -0.3 is 38.0 Å². The Balaban J connectivity index is 1.99. The number of hydrogen-bond donors (Lipinski definition) is 1. The summed E-state index contributed by atoms with van der Waals surface area (Å²) in [7, 11) is 2.48. The Morgan fingerprint density at radius 3 is 2.40 bits per heavy atom. The van der Waals surface area contributed by atoms with Crippen molar-refractivity contribution >= 4 is 30.6 Å². The highest BCUT2D eigenvalue weighted by Crippen LogP contribution is 2.56. The number of rotatable bonds is 10. The Morgan fingerprint density at radius 1 is 1.12 bits per heavy atom. The molecule has 1 aliphatic carbocycles. The molecule has 0 amide bonds. The van der Waals surface area contributed by atoms with Crippen molar-refractivity contribution < 1.29 is 42.7 Å². The minimum absolute atomic E-state index is 0.0527. The Kier molecular flexibility index (Phi) is 8.32. The highest BCUT2D eigenvalue weighted by atomic mass is 28.4. The van der Waals surface area contributed by atoms with Crippen LogP contribution in [-0.4, -0.2) is 78.0 Å². The van der Waals surface area contributed by atoms with Gasteiger partial charge >= 0.3 is 5.97 Å². The normalized spacial score (nSPS) is 24.5. The molecule has 2 aromatic carbocycles.